The molecule has 1 aromatic carbocycles. The molecule has 1 atom stereocenters. The van der Waals surface area contributed by atoms with Crippen molar-refractivity contribution in [2.75, 3.05) is 0 Å². The molecule has 0 aliphatic carbocycles. The molecular formula is C19H16F3N3O. The molecule has 134 valence electrons. The Hall–Kier alpha value is -2.96. The Morgan fingerprint density at radius 1 is 1.00 bits per heavy atom. The van der Waals surface area contributed by atoms with E-state index in [9.17, 15) is 18.0 Å². The highest BCUT2D eigenvalue weighted by Crippen LogP contribution is 2.32. The van der Waals surface area contributed by atoms with Crippen LogP contribution in [0.4, 0.5) is 13.2 Å². The summed E-state index contributed by atoms with van der Waals surface area (Å²) in [5, 5.41) is 0. The number of benzene rings is 1. The molecule has 0 bridgehead atoms. The first-order valence-electron chi connectivity index (χ1n) is 7.95. The Balaban J connectivity index is 1.93. The van der Waals surface area contributed by atoms with Gasteiger partial charge in [0.15, 0.2) is 0 Å². The zero-order chi connectivity index (χ0) is 18.9. The van der Waals surface area contributed by atoms with Gasteiger partial charge in [0.25, 0.3) is 5.56 Å². The average molecular weight is 359 g/mol. The molecule has 1 unspecified atom stereocenters. The molecule has 4 nitrogen and oxygen atoms in total. The summed E-state index contributed by atoms with van der Waals surface area (Å²) < 4.78 is 38.1. The van der Waals surface area contributed by atoms with E-state index in [-0.39, 0.29) is 11.5 Å². The van der Waals surface area contributed by atoms with Crippen molar-refractivity contribution >= 4 is 0 Å². The number of hydrogen-bond acceptors (Lipinski definition) is 3. The Morgan fingerprint density at radius 2 is 1.69 bits per heavy atom. The lowest BCUT2D eigenvalue weighted by molar-refractivity contribution is -0.137. The first-order chi connectivity index (χ1) is 12.2. The molecule has 26 heavy (non-hydrogen) atoms. The maximum absolute atomic E-state index is 12.7. The van der Waals surface area contributed by atoms with Crippen molar-refractivity contribution in [2.45, 2.75) is 25.9 Å². The van der Waals surface area contributed by atoms with E-state index in [0.29, 0.717) is 17.2 Å². The number of hydrogen-bond donors (Lipinski definition) is 1. The monoisotopic (exact) mass is 359 g/mol. The normalized spacial score (nSPS) is 12.8. The van der Waals surface area contributed by atoms with E-state index >= 15 is 0 Å². The van der Waals surface area contributed by atoms with Crippen molar-refractivity contribution in [1.29, 1.82) is 0 Å². The summed E-state index contributed by atoms with van der Waals surface area (Å²) in [6.45, 7) is 3.58. The lowest BCUT2D eigenvalue weighted by atomic mass is 9.92. The molecule has 2 heterocycles. The summed E-state index contributed by atoms with van der Waals surface area (Å²) in [7, 11) is 0. The third-order valence-corrected chi connectivity index (χ3v) is 4.14. The van der Waals surface area contributed by atoms with Crippen LogP contribution in [0.5, 0.6) is 0 Å². The van der Waals surface area contributed by atoms with Crippen LogP contribution in [0.2, 0.25) is 0 Å². The third-order valence-electron chi connectivity index (χ3n) is 4.14. The maximum Gasteiger partial charge on any atom is 0.416 e. The Kier molecular flexibility index (Phi) is 4.63. The molecule has 0 saturated carbocycles. The van der Waals surface area contributed by atoms with Gasteiger partial charge in [-0.1, -0.05) is 19.1 Å². The van der Waals surface area contributed by atoms with E-state index in [2.05, 4.69) is 15.0 Å². The van der Waals surface area contributed by atoms with Crippen molar-refractivity contribution in [3.63, 3.8) is 0 Å². The van der Waals surface area contributed by atoms with E-state index in [0.717, 1.165) is 23.3 Å². The second-order valence-corrected chi connectivity index (χ2v) is 6.03. The molecule has 0 aliphatic heterocycles. The van der Waals surface area contributed by atoms with Crippen LogP contribution in [0.3, 0.4) is 0 Å². The minimum atomic E-state index is -4.35. The maximum atomic E-state index is 12.7. The van der Waals surface area contributed by atoms with E-state index < -0.39 is 11.7 Å². The lowest BCUT2D eigenvalue weighted by Gasteiger charge is -2.15. The fourth-order valence-electron chi connectivity index (χ4n) is 2.72. The zero-order valence-corrected chi connectivity index (χ0v) is 14.1. The summed E-state index contributed by atoms with van der Waals surface area (Å²) >= 11 is 0. The van der Waals surface area contributed by atoms with Crippen LogP contribution in [0, 0.1) is 6.92 Å². The van der Waals surface area contributed by atoms with Crippen molar-refractivity contribution in [1.82, 2.24) is 15.0 Å². The molecule has 0 spiro atoms. The van der Waals surface area contributed by atoms with E-state index in [1.54, 1.807) is 25.3 Å². The highest BCUT2D eigenvalue weighted by atomic mass is 19.4. The summed E-state index contributed by atoms with van der Waals surface area (Å²) in [6.07, 6.45) is -2.75. The second kappa shape index (κ2) is 6.74. The minimum Gasteiger partial charge on any atom is -0.311 e. The number of alkyl halides is 3. The topological polar surface area (TPSA) is 58.6 Å². The van der Waals surface area contributed by atoms with Gasteiger partial charge in [-0.2, -0.15) is 13.2 Å². The molecule has 0 fully saturated rings. The fraction of sp³-hybridized carbons (Fsp3) is 0.211. The molecule has 7 heteroatoms. The zero-order valence-electron chi connectivity index (χ0n) is 14.1. The van der Waals surface area contributed by atoms with Crippen molar-refractivity contribution in [3.8, 4) is 11.4 Å². The quantitative estimate of drug-likeness (QED) is 0.758. The van der Waals surface area contributed by atoms with Gasteiger partial charge >= 0.3 is 6.18 Å². The van der Waals surface area contributed by atoms with Gasteiger partial charge in [0, 0.05) is 18.2 Å². The number of aromatic nitrogens is 3. The van der Waals surface area contributed by atoms with Crippen molar-refractivity contribution in [2.24, 2.45) is 0 Å². The van der Waals surface area contributed by atoms with E-state index in [1.165, 1.54) is 18.2 Å². The van der Waals surface area contributed by atoms with Gasteiger partial charge in [0.1, 0.15) is 5.82 Å². The number of halogens is 3. The average Bonchev–Trinajstić information content (AvgIpc) is 2.60. The molecule has 1 N–H and O–H groups in total. The highest BCUT2D eigenvalue weighted by Gasteiger charge is 2.30. The smallest absolute Gasteiger partial charge is 0.311 e. The largest absolute Gasteiger partial charge is 0.416 e. The summed E-state index contributed by atoms with van der Waals surface area (Å²) in [4.78, 5) is 22.7. The third kappa shape index (κ3) is 3.82. The highest BCUT2D eigenvalue weighted by molar-refractivity contribution is 5.55. The van der Waals surface area contributed by atoms with Crippen LogP contribution < -0.4 is 5.56 Å². The fourth-order valence-corrected chi connectivity index (χ4v) is 2.72. The van der Waals surface area contributed by atoms with E-state index in [4.69, 9.17) is 0 Å². The van der Waals surface area contributed by atoms with Gasteiger partial charge in [0.05, 0.1) is 17.0 Å². The van der Waals surface area contributed by atoms with Gasteiger partial charge < -0.3 is 4.98 Å². The number of rotatable bonds is 3. The molecule has 3 aromatic rings. The summed E-state index contributed by atoms with van der Waals surface area (Å²) in [6, 6.07) is 10.1. The Bertz CT molecular complexity index is 978. The van der Waals surface area contributed by atoms with Crippen LogP contribution >= 0.6 is 0 Å². The number of nitrogens with one attached hydrogen (secondary N) is 1. The van der Waals surface area contributed by atoms with Crippen LogP contribution in [-0.2, 0) is 6.18 Å². The van der Waals surface area contributed by atoms with Crippen LogP contribution in [0.25, 0.3) is 11.4 Å². The van der Waals surface area contributed by atoms with E-state index in [1.807, 2.05) is 6.92 Å². The predicted octanol–water partition coefficient (Wildman–Crippen LogP) is 4.31. The SMILES string of the molecule is Cc1nc(-c2cc(C(C)c3ccc(C(F)(F)F)cc3)ccn2)cc(=O)[nH]1. The number of aromatic amines is 1. The Labute approximate surface area is 147 Å². The predicted molar refractivity (Wildman–Crippen MR) is 91.8 cm³/mol. The second-order valence-electron chi connectivity index (χ2n) is 6.03. The van der Waals surface area contributed by atoms with Crippen LogP contribution in [-0.4, -0.2) is 15.0 Å². The minimum absolute atomic E-state index is 0.137. The lowest BCUT2D eigenvalue weighted by Crippen LogP contribution is -2.09. The molecular weight excluding hydrogens is 343 g/mol. The van der Waals surface area contributed by atoms with Gasteiger partial charge in [-0.25, -0.2) is 4.98 Å². The van der Waals surface area contributed by atoms with Crippen LogP contribution in [0.15, 0.2) is 53.5 Å². The first-order valence-corrected chi connectivity index (χ1v) is 7.95. The molecule has 0 saturated heterocycles. The molecule has 3 rings (SSSR count). The molecule has 2 aromatic heterocycles. The molecule has 0 radical (unpaired) electrons. The number of pyridine rings is 1. The number of nitrogens with zero attached hydrogens (tertiary/aromatic N) is 2. The molecule has 0 aliphatic rings. The summed E-state index contributed by atoms with van der Waals surface area (Å²) in [5.41, 5.74) is 1.67. The van der Waals surface area contributed by atoms with Crippen molar-refractivity contribution in [3.05, 3.63) is 81.5 Å². The van der Waals surface area contributed by atoms with Gasteiger partial charge in [-0.3, -0.25) is 9.78 Å². The number of H-pyrrole nitrogens is 1. The van der Waals surface area contributed by atoms with Crippen LogP contribution in [0.1, 0.15) is 35.4 Å². The first kappa shape index (κ1) is 17.8. The van der Waals surface area contributed by atoms with Gasteiger partial charge in [0.2, 0.25) is 0 Å². The standard InChI is InChI=1S/C19H16F3N3O/c1-11(13-3-5-15(6-4-13)19(20,21)22)14-7-8-23-16(9-14)17-10-18(26)25-12(2)24-17/h3-11H,1-2H3,(H,24,25,26). The van der Waals surface area contributed by atoms with Gasteiger partial charge in [-0.15, -0.1) is 0 Å². The summed E-state index contributed by atoms with van der Waals surface area (Å²) in [5.74, 6) is 0.345. The van der Waals surface area contributed by atoms with Gasteiger partial charge in [-0.05, 0) is 42.3 Å². The molecule has 0 amide bonds. The van der Waals surface area contributed by atoms with Crippen molar-refractivity contribution < 1.29 is 13.2 Å². The Morgan fingerprint density at radius 3 is 2.31 bits per heavy atom. The number of aryl methyl sites for hydroxylation is 1.